The molecule has 40 heavy (non-hydrogen) atoms. The van der Waals surface area contributed by atoms with Gasteiger partial charge in [-0.1, -0.05) is 123 Å². The van der Waals surface area contributed by atoms with E-state index < -0.39 is 0 Å². The minimum Gasteiger partial charge on any atom is -0.780 e. The van der Waals surface area contributed by atoms with Gasteiger partial charge in [0.1, 0.15) is 0 Å². The van der Waals surface area contributed by atoms with Crippen molar-refractivity contribution in [1.29, 1.82) is 0 Å². The molecule has 0 heterocycles. The summed E-state index contributed by atoms with van der Waals surface area (Å²) in [6, 6.07) is 2.98. The second kappa shape index (κ2) is 23.8. The van der Waals surface area contributed by atoms with Gasteiger partial charge in [-0.15, -0.1) is 0 Å². The average molecular weight is 788 g/mol. The number of halogens is 6. The summed E-state index contributed by atoms with van der Waals surface area (Å²) in [4.78, 5) is 1.46. The van der Waals surface area contributed by atoms with E-state index in [-0.39, 0.29) is 16.5 Å². The van der Waals surface area contributed by atoms with E-state index in [2.05, 4.69) is 27.7 Å². The van der Waals surface area contributed by atoms with Crippen molar-refractivity contribution >= 4 is 120 Å². The number of unbranched alkanes of at least 4 members (excludes halogenated alkanes) is 4. The van der Waals surface area contributed by atoms with Crippen LogP contribution in [0.3, 0.4) is 0 Å². The van der Waals surface area contributed by atoms with Gasteiger partial charge < -0.3 is 55.0 Å². The maximum atomic E-state index is 5.69. The fourth-order valence-electron chi connectivity index (χ4n) is 3.76. The monoisotopic (exact) mass is 784 g/mol. The van der Waals surface area contributed by atoms with E-state index in [1.807, 2.05) is 0 Å². The van der Waals surface area contributed by atoms with Crippen LogP contribution in [0.15, 0.2) is 31.7 Å². The molecule has 0 fully saturated rings. The van der Waals surface area contributed by atoms with E-state index in [4.69, 9.17) is 120 Å². The maximum absolute atomic E-state index is 5.69. The van der Waals surface area contributed by atoms with E-state index in [9.17, 15) is 0 Å². The number of hydrogen-bond donors (Lipinski definition) is 0. The predicted octanol–water partition coefficient (Wildman–Crippen LogP) is 11.9. The average Bonchev–Trinajstić information content (AvgIpc) is 2.92. The summed E-state index contributed by atoms with van der Waals surface area (Å²) in [7, 11) is 0. The molecule has 0 aliphatic heterocycles. The number of quaternary nitrogens is 1. The fraction of sp³-hybridized carbons (Fsp3) is 0.571. The molecule has 0 saturated carbocycles. The van der Waals surface area contributed by atoms with Crippen LogP contribution >= 0.6 is 69.6 Å². The number of nitrogens with zero attached hydrogens (tertiary/aromatic N) is 1. The first-order chi connectivity index (χ1) is 18.3. The third-order valence-corrected chi connectivity index (χ3v) is 10.7. The summed E-state index contributed by atoms with van der Waals surface area (Å²) in [5, 5.41) is 2.04. The van der Waals surface area contributed by atoms with Crippen molar-refractivity contribution in [3.05, 3.63) is 42.3 Å². The molecule has 0 aliphatic rings. The zero-order chi connectivity index (χ0) is 30.2. The number of rotatable bonds is 12. The van der Waals surface area contributed by atoms with E-state index in [0.29, 0.717) is 49.7 Å². The first-order valence-corrected chi connectivity index (χ1v) is 17.1. The molecule has 0 unspecified atom stereocenters. The predicted molar refractivity (Wildman–Crippen MR) is 185 cm³/mol. The van der Waals surface area contributed by atoms with Gasteiger partial charge in [-0.3, -0.25) is 0 Å². The molecular weight excluding hydrogens is 750 g/mol. The number of benzene rings is 2. The molecular formula is C28H38Cl6NNiS4-3. The Kier molecular flexibility index (Phi) is 26.0. The fourth-order valence-corrected chi connectivity index (χ4v) is 6.08. The smallest absolute Gasteiger partial charge is 0.0786 e. The largest absolute Gasteiger partial charge is 0.780 e. The maximum Gasteiger partial charge on any atom is 0.0786 e. The van der Waals surface area contributed by atoms with Crippen LogP contribution in [0.5, 0.6) is 0 Å². The van der Waals surface area contributed by atoms with Gasteiger partial charge in [-0.05, 0) is 37.8 Å². The zero-order valence-corrected chi connectivity index (χ0v) is 32.1. The minimum absolute atomic E-state index is 0. The Morgan fingerprint density at radius 3 is 0.950 bits per heavy atom. The molecule has 234 valence electrons. The molecule has 2 aromatic carbocycles. The Morgan fingerprint density at radius 1 is 0.475 bits per heavy atom. The van der Waals surface area contributed by atoms with Crippen LogP contribution in [0.25, 0.3) is 0 Å². The molecule has 0 bridgehead atoms. The quantitative estimate of drug-likeness (QED) is 0.0909. The molecule has 0 aliphatic carbocycles. The molecule has 0 spiro atoms. The van der Waals surface area contributed by atoms with Crippen molar-refractivity contribution in [3.63, 3.8) is 0 Å². The molecule has 2 rings (SSSR count). The molecule has 2 aromatic rings. The summed E-state index contributed by atoms with van der Waals surface area (Å²) >= 11 is 53.5. The minimum atomic E-state index is 0. The standard InChI is InChI=1S/C16H36N.2C6H3Cl3S2.Ni/c1-5-9-13-17(14-10-6-2,15-11-7-3)16-12-8-4;2*7-2-1-3(8)5(10)6(11)4(2)9;/h5-16H2,1-4H3;2*1,10-11H;/q+1;;;/p-4. The Labute approximate surface area is 305 Å². The van der Waals surface area contributed by atoms with Gasteiger partial charge in [0.05, 0.1) is 36.2 Å². The molecule has 0 saturated heterocycles. The van der Waals surface area contributed by atoms with Gasteiger partial charge in [-0.2, -0.15) is 19.6 Å². The van der Waals surface area contributed by atoms with E-state index >= 15 is 0 Å². The van der Waals surface area contributed by atoms with Crippen molar-refractivity contribution in [2.75, 3.05) is 26.2 Å². The van der Waals surface area contributed by atoms with Crippen molar-refractivity contribution in [1.82, 2.24) is 0 Å². The normalized spacial score (nSPS) is 10.7. The van der Waals surface area contributed by atoms with Crippen molar-refractivity contribution in [2.45, 2.75) is 98.6 Å². The Hall–Kier alpha value is 1.51. The third kappa shape index (κ3) is 15.5. The van der Waals surface area contributed by atoms with Gasteiger partial charge in [-0.25, -0.2) is 0 Å². The third-order valence-electron chi connectivity index (χ3n) is 6.12. The summed E-state index contributed by atoms with van der Waals surface area (Å²) in [5.74, 6) is 0. The molecule has 0 aromatic heterocycles. The molecule has 12 heteroatoms. The van der Waals surface area contributed by atoms with Gasteiger partial charge in [0, 0.05) is 36.6 Å². The number of hydrogen-bond acceptors (Lipinski definition) is 4. The van der Waals surface area contributed by atoms with Crippen LogP contribution in [-0.2, 0) is 67.0 Å². The molecule has 0 amide bonds. The van der Waals surface area contributed by atoms with Crippen LogP contribution in [0.2, 0.25) is 30.1 Å². The van der Waals surface area contributed by atoms with Crippen LogP contribution < -0.4 is 0 Å². The van der Waals surface area contributed by atoms with E-state index in [1.165, 1.54) is 94.2 Å². The molecule has 0 atom stereocenters. The Bertz CT molecular complexity index is 862. The summed E-state index contributed by atoms with van der Waals surface area (Å²) in [5.41, 5.74) is 0. The van der Waals surface area contributed by atoms with Gasteiger partial charge >= 0.3 is 0 Å². The zero-order valence-electron chi connectivity index (χ0n) is 23.3. The van der Waals surface area contributed by atoms with Gasteiger partial charge in [0.2, 0.25) is 0 Å². The van der Waals surface area contributed by atoms with Gasteiger partial charge in [0.25, 0.3) is 0 Å². The van der Waals surface area contributed by atoms with Crippen LogP contribution in [0.1, 0.15) is 79.1 Å². The topological polar surface area (TPSA) is 0 Å². The second-order valence-electron chi connectivity index (χ2n) is 9.28. The van der Waals surface area contributed by atoms with Gasteiger partial charge in [0.15, 0.2) is 0 Å². The summed E-state index contributed by atoms with van der Waals surface area (Å²) < 4.78 is 1.42. The van der Waals surface area contributed by atoms with Crippen LogP contribution in [0.4, 0.5) is 0 Å². The second-order valence-corrected chi connectivity index (χ2v) is 13.3. The first kappa shape index (κ1) is 43.6. The Morgan fingerprint density at radius 2 is 0.725 bits per heavy atom. The van der Waals surface area contributed by atoms with Crippen molar-refractivity contribution in [3.8, 4) is 0 Å². The molecule has 0 radical (unpaired) electrons. The summed E-state index contributed by atoms with van der Waals surface area (Å²) in [6.45, 7) is 15.0. The van der Waals surface area contributed by atoms with Crippen LogP contribution in [0, 0.1) is 0 Å². The molecule has 0 N–H and O–H groups in total. The van der Waals surface area contributed by atoms with E-state index in [1.54, 1.807) is 0 Å². The van der Waals surface area contributed by atoms with E-state index in [0.717, 1.165) is 0 Å². The van der Waals surface area contributed by atoms with Crippen LogP contribution in [-0.4, -0.2) is 30.7 Å². The summed E-state index contributed by atoms with van der Waals surface area (Å²) in [6.07, 6.45) is 11.1. The molecule has 1 nitrogen and oxygen atoms in total. The van der Waals surface area contributed by atoms with Crippen molar-refractivity contribution in [2.24, 2.45) is 0 Å². The first-order valence-electron chi connectivity index (χ1n) is 13.2. The SMILES string of the molecule is CCCC[N+](CCCC)(CCCC)CCCC.[Ni].[S-]c1c(Cl)cc(Cl)c(Cl)c1[S-].[S-]c1c(Cl)cc(Cl)c(Cl)c1[S-]. The Balaban J connectivity index is 0. The van der Waals surface area contributed by atoms with Crippen molar-refractivity contribution < 1.29 is 21.0 Å².